The number of ether oxygens (including phenoxy) is 3. The van der Waals surface area contributed by atoms with Crippen molar-refractivity contribution in [2.45, 2.75) is 154 Å². The highest BCUT2D eigenvalue weighted by Crippen LogP contribution is 2.77. The standard InChI is InChI=1S/C36H60O10/c1-19(16-21(38)29(42)32(4,5)43)20-10-12-34(7)23-11-13-36-24(35(23,18-44-36)15-14-33(20,34)6)8-9-25(31(36,2)3)46-30-28(41)27(40)26(39)22(17-37)45-30/h11,13,19-30,37-43H,8-10,12,14-18H2,1-7H3/t19-,20-,21+,22-,23+,24-,25+,26-,27-,28-,29+,30+,33-,34+,35+,36-/m1/s1. The Hall–Kier alpha value is -0.660. The Morgan fingerprint density at radius 2 is 1.63 bits per heavy atom. The first-order chi connectivity index (χ1) is 21.3. The molecule has 264 valence electrons. The maximum Gasteiger partial charge on any atom is 0.186 e. The van der Waals surface area contributed by atoms with Crippen LogP contribution in [0.4, 0.5) is 0 Å². The zero-order chi connectivity index (χ0) is 33.8. The lowest BCUT2D eigenvalue weighted by molar-refractivity contribution is -0.329. The first-order valence-electron chi connectivity index (χ1n) is 17.7. The van der Waals surface area contributed by atoms with Crippen LogP contribution in [0, 0.1) is 45.3 Å². The Morgan fingerprint density at radius 3 is 2.28 bits per heavy atom. The smallest absolute Gasteiger partial charge is 0.186 e. The van der Waals surface area contributed by atoms with Gasteiger partial charge in [-0.3, -0.25) is 0 Å². The summed E-state index contributed by atoms with van der Waals surface area (Å²) >= 11 is 0. The molecule has 0 aromatic carbocycles. The van der Waals surface area contributed by atoms with Crippen LogP contribution in [0.3, 0.4) is 0 Å². The molecule has 46 heavy (non-hydrogen) atoms. The molecule has 6 rings (SSSR count). The first-order valence-corrected chi connectivity index (χ1v) is 17.7. The molecule has 4 aliphatic carbocycles. The van der Waals surface area contributed by atoms with E-state index in [1.165, 1.54) is 13.8 Å². The van der Waals surface area contributed by atoms with E-state index < -0.39 is 66.1 Å². The molecule has 6 aliphatic rings. The molecular formula is C36H60O10. The second-order valence-electron chi connectivity index (χ2n) is 17.7. The van der Waals surface area contributed by atoms with Crippen LogP contribution in [0.2, 0.25) is 0 Å². The highest BCUT2D eigenvalue weighted by Gasteiger charge is 2.75. The van der Waals surface area contributed by atoms with Crippen LogP contribution in [-0.4, -0.2) is 109 Å². The van der Waals surface area contributed by atoms with Crippen LogP contribution in [-0.2, 0) is 14.2 Å². The minimum Gasteiger partial charge on any atom is -0.394 e. The summed E-state index contributed by atoms with van der Waals surface area (Å²) in [5.41, 5.74) is -2.34. The van der Waals surface area contributed by atoms with Gasteiger partial charge in [-0.05, 0) is 87.4 Å². The van der Waals surface area contributed by atoms with Gasteiger partial charge in [-0.25, -0.2) is 0 Å². The predicted octanol–water partition coefficient (Wildman–Crippen LogP) is 2.28. The molecule has 0 unspecified atom stereocenters. The van der Waals surface area contributed by atoms with E-state index in [1.54, 1.807) is 0 Å². The Bertz CT molecular complexity index is 1170. The predicted molar refractivity (Wildman–Crippen MR) is 169 cm³/mol. The Kier molecular flexibility index (Phi) is 8.74. The van der Waals surface area contributed by atoms with E-state index in [9.17, 15) is 35.7 Å². The number of aliphatic hydroxyl groups is 7. The van der Waals surface area contributed by atoms with E-state index in [-0.39, 0.29) is 28.3 Å². The van der Waals surface area contributed by atoms with Crippen LogP contribution in [0.5, 0.6) is 0 Å². The van der Waals surface area contributed by atoms with E-state index >= 15 is 0 Å². The van der Waals surface area contributed by atoms with E-state index in [0.717, 1.165) is 38.5 Å². The van der Waals surface area contributed by atoms with Crippen molar-refractivity contribution < 1.29 is 50.0 Å². The minimum absolute atomic E-state index is 0.0108. The number of allylic oxidation sites excluding steroid dienone is 1. The lowest BCUT2D eigenvalue weighted by Crippen LogP contribution is -2.66. The summed E-state index contributed by atoms with van der Waals surface area (Å²) in [4.78, 5) is 0. The van der Waals surface area contributed by atoms with Crippen LogP contribution in [0.15, 0.2) is 12.2 Å². The monoisotopic (exact) mass is 652 g/mol. The van der Waals surface area contributed by atoms with Gasteiger partial charge in [0.15, 0.2) is 6.29 Å². The second-order valence-corrected chi connectivity index (χ2v) is 17.7. The number of aliphatic hydroxyl groups excluding tert-OH is 6. The van der Waals surface area contributed by atoms with Crippen molar-refractivity contribution >= 4 is 0 Å². The van der Waals surface area contributed by atoms with Crippen molar-refractivity contribution in [1.82, 2.24) is 0 Å². The molecule has 0 aromatic rings. The van der Waals surface area contributed by atoms with Crippen molar-refractivity contribution in [3.8, 4) is 0 Å². The average Bonchev–Trinajstić information content (AvgIpc) is 3.38. The van der Waals surface area contributed by atoms with Gasteiger partial charge in [-0.1, -0.05) is 46.8 Å². The molecule has 16 atom stereocenters. The Balaban J connectivity index is 1.24. The molecule has 7 N–H and O–H groups in total. The van der Waals surface area contributed by atoms with Gasteiger partial charge >= 0.3 is 0 Å². The van der Waals surface area contributed by atoms with Gasteiger partial charge in [-0.15, -0.1) is 0 Å². The summed E-state index contributed by atoms with van der Waals surface area (Å²) in [6.07, 6.45) is 1.99. The van der Waals surface area contributed by atoms with Crippen molar-refractivity contribution in [1.29, 1.82) is 0 Å². The van der Waals surface area contributed by atoms with Crippen molar-refractivity contribution in [3.63, 3.8) is 0 Å². The molecule has 0 aromatic heterocycles. The van der Waals surface area contributed by atoms with Gasteiger partial charge in [0.2, 0.25) is 0 Å². The third-order valence-electron chi connectivity index (χ3n) is 14.9. The molecule has 10 nitrogen and oxygen atoms in total. The third kappa shape index (κ3) is 4.72. The van der Waals surface area contributed by atoms with Crippen LogP contribution in [0.1, 0.15) is 93.4 Å². The molecule has 10 heteroatoms. The van der Waals surface area contributed by atoms with E-state index in [0.29, 0.717) is 30.8 Å². The summed E-state index contributed by atoms with van der Waals surface area (Å²) in [5, 5.41) is 72.8. The van der Waals surface area contributed by atoms with Crippen molar-refractivity contribution in [2.24, 2.45) is 45.3 Å². The second kappa shape index (κ2) is 11.4. The SMILES string of the molecule is C[C@H](C[C@H](O)[C@H](O)C(C)(C)O)[C@H]1CC[C@@]2(C)[C@@H]3C=C[C@@]45OC[C@]3(CC[C@]12C)[C@H]4CC[C@H](O[C@@H]1O[C@H](CO)[C@@H](O)[C@@H](O)[C@H]1O)C5(C)C. The number of hydrogen-bond donors (Lipinski definition) is 7. The number of hydrogen-bond acceptors (Lipinski definition) is 10. The van der Waals surface area contributed by atoms with Gasteiger partial charge in [0.25, 0.3) is 0 Å². The van der Waals surface area contributed by atoms with Gasteiger partial charge in [0.1, 0.15) is 30.5 Å². The minimum atomic E-state index is -1.49. The fraction of sp³-hybridized carbons (Fsp3) is 0.944. The highest BCUT2D eigenvalue weighted by atomic mass is 16.7. The van der Waals surface area contributed by atoms with Crippen LogP contribution >= 0.6 is 0 Å². The first kappa shape index (κ1) is 35.2. The Labute approximate surface area is 274 Å². The lowest BCUT2D eigenvalue weighted by atomic mass is 9.38. The largest absolute Gasteiger partial charge is 0.394 e. The molecule has 2 bridgehead atoms. The molecule has 2 heterocycles. The zero-order valence-electron chi connectivity index (χ0n) is 28.8. The molecule has 0 amide bonds. The summed E-state index contributed by atoms with van der Waals surface area (Å²) in [6.45, 7) is 14.7. The molecule has 5 fully saturated rings. The van der Waals surface area contributed by atoms with Crippen molar-refractivity contribution in [2.75, 3.05) is 13.2 Å². The maximum atomic E-state index is 10.9. The zero-order valence-corrected chi connectivity index (χ0v) is 28.8. The molecule has 3 saturated carbocycles. The average molecular weight is 653 g/mol. The molecular weight excluding hydrogens is 592 g/mol. The summed E-state index contributed by atoms with van der Waals surface area (Å²) < 4.78 is 19.2. The molecule has 1 spiro atoms. The van der Waals surface area contributed by atoms with E-state index in [2.05, 4.69) is 46.8 Å². The van der Waals surface area contributed by atoms with Crippen LogP contribution in [0.25, 0.3) is 0 Å². The van der Waals surface area contributed by atoms with Gasteiger partial charge in [0.05, 0.1) is 36.6 Å². The van der Waals surface area contributed by atoms with Gasteiger partial charge in [0, 0.05) is 16.7 Å². The normalized spacial score (nSPS) is 51.6. The fourth-order valence-corrected chi connectivity index (χ4v) is 11.9. The quantitative estimate of drug-likeness (QED) is 0.193. The Morgan fingerprint density at radius 1 is 0.935 bits per heavy atom. The third-order valence-corrected chi connectivity index (χ3v) is 14.9. The molecule has 2 saturated heterocycles. The maximum absolute atomic E-state index is 10.9. The van der Waals surface area contributed by atoms with Crippen molar-refractivity contribution in [3.05, 3.63) is 12.2 Å². The molecule has 0 radical (unpaired) electrons. The summed E-state index contributed by atoms with van der Waals surface area (Å²) in [6, 6.07) is 0. The van der Waals surface area contributed by atoms with Crippen LogP contribution < -0.4 is 0 Å². The summed E-state index contributed by atoms with van der Waals surface area (Å²) in [5.74, 6) is 1.21. The fourth-order valence-electron chi connectivity index (χ4n) is 11.9. The summed E-state index contributed by atoms with van der Waals surface area (Å²) in [7, 11) is 0. The highest BCUT2D eigenvalue weighted by molar-refractivity contribution is 5.33. The number of rotatable bonds is 8. The number of fused-ring (bicyclic) bond motifs is 2. The van der Waals surface area contributed by atoms with E-state index in [1.807, 2.05) is 0 Å². The molecule has 2 aliphatic heterocycles. The lowest BCUT2D eigenvalue weighted by Gasteiger charge is -2.65. The van der Waals surface area contributed by atoms with Gasteiger partial charge < -0.3 is 50.0 Å². The van der Waals surface area contributed by atoms with Gasteiger partial charge in [-0.2, -0.15) is 0 Å². The topological polar surface area (TPSA) is 169 Å². The van der Waals surface area contributed by atoms with E-state index in [4.69, 9.17) is 14.2 Å².